The molecule has 1 aromatic carbocycles. The predicted molar refractivity (Wildman–Crippen MR) is 82.2 cm³/mol. The van der Waals surface area contributed by atoms with Gasteiger partial charge in [0.25, 0.3) is 0 Å². The third-order valence-electron chi connectivity index (χ3n) is 2.68. The number of nitrogens with zero attached hydrogens (tertiary/aromatic N) is 1. The zero-order chi connectivity index (χ0) is 15.9. The molecule has 0 radical (unpaired) electrons. The van der Waals surface area contributed by atoms with Gasteiger partial charge in [0.2, 0.25) is 0 Å². The number of allylic oxidation sites excluding steroid dienone is 1. The molecule has 0 unspecified atom stereocenters. The van der Waals surface area contributed by atoms with Crippen LogP contribution in [0.15, 0.2) is 48.7 Å². The zero-order valence-corrected chi connectivity index (χ0v) is 12.2. The van der Waals surface area contributed by atoms with Crippen LogP contribution in [0.25, 0.3) is 6.08 Å². The normalized spacial score (nSPS) is 10.6. The van der Waals surface area contributed by atoms with Crippen molar-refractivity contribution in [1.29, 1.82) is 0 Å². The number of carbonyl (C=O) groups excluding carboxylic acids is 1. The van der Waals surface area contributed by atoms with E-state index in [0.29, 0.717) is 22.0 Å². The van der Waals surface area contributed by atoms with Gasteiger partial charge < -0.3 is 9.84 Å². The van der Waals surface area contributed by atoms with Crippen molar-refractivity contribution < 1.29 is 19.4 Å². The molecule has 1 N–H and O–H groups in total. The van der Waals surface area contributed by atoms with Crippen LogP contribution in [0.2, 0.25) is 5.15 Å². The number of aliphatic carboxylic acids is 1. The number of hydrogen-bond acceptors (Lipinski definition) is 4. The second kappa shape index (κ2) is 7.38. The summed E-state index contributed by atoms with van der Waals surface area (Å²) >= 11 is 5.90. The smallest absolute Gasteiger partial charge is 0.341 e. The van der Waals surface area contributed by atoms with Crippen LogP contribution in [0.1, 0.15) is 15.9 Å². The molecular formula is C16H12ClNO4. The molecule has 0 saturated heterocycles. The number of carboxylic acids is 1. The second-order valence-electron chi connectivity index (χ2n) is 4.29. The molecule has 1 heterocycles. The SMILES string of the molecule is O=C(O)COc1cccc(C(=O)C=Cc2cccnc2Cl)c1. The van der Waals surface area contributed by atoms with Crippen LogP contribution in [0.4, 0.5) is 0 Å². The van der Waals surface area contributed by atoms with Crippen molar-refractivity contribution in [2.24, 2.45) is 0 Å². The maximum Gasteiger partial charge on any atom is 0.341 e. The van der Waals surface area contributed by atoms with Gasteiger partial charge in [-0.25, -0.2) is 9.78 Å². The summed E-state index contributed by atoms with van der Waals surface area (Å²) in [6.07, 6.45) is 4.51. The molecule has 112 valence electrons. The van der Waals surface area contributed by atoms with E-state index in [2.05, 4.69) is 4.98 Å². The molecule has 0 aliphatic carbocycles. The Morgan fingerprint density at radius 1 is 1.27 bits per heavy atom. The number of pyridine rings is 1. The number of aromatic nitrogens is 1. The fourth-order valence-corrected chi connectivity index (χ4v) is 1.85. The molecule has 0 fully saturated rings. The number of carboxylic acid groups (broad SMARTS) is 1. The molecule has 0 bridgehead atoms. The van der Waals surface area contributed by atoms with Gasteiger partial charge in [-0.1, -0.05) is 29.8 Å². The Morgan fingerprint density at radius 3 is 2.82 bits per heavy atom. The summed E-state index contributed by atoms with van der Waals surface area (Å²) in [5.74, 6) is -1.01. The van der Waals surface area contributed by atoms with Gasteiger partial charge in [0.1, 0.15) is 10.9 Å². The summed E-state index contributed by atoms with van der Waals surface area (Å²) in [7, 11) is 0. The Hall–Kier alpha value is -2.66. The fourth-order valence-electron chi connectivity index (χ4n) is 1.67. The highest BCUT2D eigenvalue weighted by Crippen LogP contribution is 2.16. The second-order valence-corrected chi connectivity index (χ2v) is 4.65. The minimum atomic E-state index is -1.08. The molecule has 2 aromatic rings. The first kappa shape index (κ1) is 15.7. The van der Waals surface area contributed by atoms with Gasteiger partial charge in [0.05, 0.1) is 0 Å². The Kier molecular flexibility index (Phi) is 5.27. The summed E-state index contributed by atoms with van der Waals surface area (Å²) in [5, 5.41) is 8.88. The predicted octanol–water partition coefficient (Wildman–Crippen LogP) is 3.09. The van der Waals surface area contributed by atoms with Gasteiger partial charge in [0, 0.05) is 17.3 Å². The highest BCUT2D eigenvalue weighted by molar-refractivity contribution is 6.31. The van der Waals surface area contributed by atoms with Gasteiger partial charge in [-0.15, -0.1) is 0 Å². The van der Waals surface area contributed by atoms with E-state index in [9.17, 15) is 9.59 Å². The minimum absolute atomic E-state index is 0.249. The first-order valence-electron chi connectivity index (χ1n) is 6.34. The molecule has 0 saturated carbocycles. The van der Waals surface area contributed by atoms with Crippen molar-refractivity contribution in [3.63, 3.8) is 0 Å². The summed E-state index contributed by atoms with van der Waals surface area (Å²) in [6, 6.07) is 9.77. The van der Waals surface area contributed by atoms with E-state index in [0.717, 1.165) is 0 Å². The van der Waals surface area contributed by atoms with Crippen LogP contribution < -0.4 is 4.74 Å². The number of rotatable bonds is 6. The quantitative estimate of drug-likeness (QED) is 0.503. The lowest BCUT2D eigenvalue weighted by molar-refractivity contribution is -0.139. The molecule has 0 atom stereocenters. The Labute approximate surface area is 131 Å². The molecule has 2 rings (SSSR count). The van der Waals surface area contributed by atoms with E-state index in [1.165, 1.54) is 12.1 Å². The highest BCUT2D eigenvalue weighted by atomic mass is 35.5. The Balaban J connectivity index is 2.11. The lowest BCUT2D eigenvalue weighted by atomic mass is 10.1. The van der Waals surface area contributed by atoms with Crippen LogP contribution in [0.5, 0.6) is 5.75 Å². The Morgan fingerprint density at radius 2 is 2.09 bits per heavy atom. The molecule has 6 heteroatoms. The van der Waals surface area contributed by atoms with E-state index in [-0.39, 0.29) is 5.78 Å². The van der Waals surface area contributed by atoms with Crippen molar-refractivity contribution in [1.82, 2.24) is 4.98 Å². The van der Waals surface area contributed by atoms with Gasteiger partial charge in [-0.2, -0.15) is 0 Å². The van der Waals surface area contributed by atoms with Crippen molar-refractivity contribution in [3.05, 3.63) is 65.0 Å². The zero-order valence-electron chi connectivity index (χ0n) is 11.4. The molecule has 5 nitrogen and oxygen atoms in total. The third-order valence-corrected chi connectivity index (χ3v) is 3.00. The molecule has 0 aliphatic heterocycles. The maximum atomic E-state index is 12.1. The van der Waals surface area contributed by atoms with Crippen molar-refractivity contribution in [2.75, 3.05) is 6.61 Å². The van der Waals surface area contributed by atoms with E-state index in [1.54, 1.807) is 42.6 Å². The van der Waals surface area contributed by atoms with E-state index in [4.69, 9.17) is 21.4 Å². The fraction of sp³-hybridized carbons (Fsp3) is 0.0625. The average molecular weight is 318 g/mol. The first-order valence-corrected chi connectivity index (χ1v) is 6.71. The average Bonchev–Trinajstić information content (AvgIpc) is 2.52. The number of ether oxygens (including phenoxy) is 1. The first-order chi connectivity index (χ1) is 10.6. The van der Waals surface area contributed by atoms with Gasteiger partial charge in [-0.3, -0.25) is 4.79 Å². The van der Waals surface area contributed by atoms with E-state index < -0.39 is 12.6 Å². The number of halogens is 1. The summed E-state index contributed by atoms with van der Waals surface area (Å²) in [4.78, 5) is 26.5. The van der Waals surface area contributed by atoms with Crippen LogP contribution >= 0.6 is 11.6 Å². The number of benzene rings is 1. The Bertz CT molecular complexity index is 728. The van der Waals surface area contributed by atoms with Gasteiger partial charge in [-0.05, 0) is 30.4 Å². The van der Waals surface area contributed by atoms with Crippen LogP contribution in [-0.4, -0.2) is 28.4 Å². The lowest BCUT2D eigenvalue weighted by Gasteiger charge is -2.04. The molecule has 0 aliphatic rings. The molecular weight excluding hydrogens is 306 g/mol. The van der Waals surface area contributed by atoms with Crippen LogP contribution in [0, 0.1) is 0 Å². The summed E-state index contributed by atoms with van der Waals surface area (Å²) in [5.41, 5.74) is 1.02. The van der Waals surface area contributed by atoms with E-state index in [1.807, 2.05) is 0 Å². The standard InChI is InChI=1S/C16H12ClNO4/c17-16-11(4-2-8-18-16)6-7-14(19)12-3-1-5-13(9-12)22-10-15(20)21/h1-9H,10H2,(H,20,21). The topological polar surface area (TPSA) is 76.5 Å². The van der Waals surface area contributed by atoms with Gasteiger partial charge in [0.15, 0.2) is 12.4 Å². The molecule has 22 heavy (non-hydrogen) atoms. The molecule has 0 spiro atoms. The number of ketones is 1. The monoisotopic (exact) mass is 317 g/mol. The lowest BCUT2D eigenvalue weighted by Crippen LogP contribution is -2.09. The minimum Gasteiger partial charge on any atom is -0.482 e. The van der Waals surface area contributed by atoms with Crippen LogP contribution in [-0.2, 0) is 4.79 Å². The molecule has 1 aromatic heterocycles. The highest BCUT2D eigenvalue weighted by Gasteiger charge is 2.05. The largest absolute Gasteiger partial charge is 0.482 e. The van der Waals surface area contributed by atoms with Crippen LogP contribution in [0.3, 0.4) is 0 Å². The third kappa shape index (κ3) is 4.43. The molecule has 0 amide bonds. The van der Waals surface area contributed by atoms with Gasteiger partial charge >= 0.3 is 5.97 Å². The number of carbonyl (C=O) groups is 2. The van der Waals surface area contributed by atoms with Crippen molar-refractivity contribution >= 4 is 29.4 Å². The van der Waals surface area contributed by atoms with E-state index >= 15 is 0 Å². The number of hydrogen-bond donors (Lipinski definition) is 1. The summed E-state index contributed by atoms with van der Waals surface area (Å²) < 4.78 is 5.03. The summed E-state index contributed by atoms with van der Waals surface area (Å²) in [6.45, 7) is -0.460. The van der Waals surface area contributed by atoms with Crippen molar-refractivity contribution in [2.45, 2.75) is 0 Å². The van der Waals surface area contributed by atoms with Crippen molar-refractivity contribution in [3.8, 4) is 5.75 Å². The maximum absolute atomic E-state index is 12.1.